The summed E-state index contributed by atoms with van der Waals surface area (Å²) in [6, 6.07) is 7.47. The topological polar surface area (TPSA) is 49.7 Å². The van der Waals surface area contributed by atoms with E-state index >= 15 is 0 Å². The normalized spacial score (nSPS) is 19.6. The van der Waals surface area contributed by atoms with Gasteiger partial charge in [0.1, 0.15) is 11.5 Å². The molecule has 0 fully saturated rings. The van der Waals surface area contributed by atoms with E-state index in [0.29, 0.717) is 5.75 Å². The van der Waals surface area contributed by atoms with Crippen LogP contribution in [0, 0.1) is 0 Å². The fourth-order valence-electron chi connectivity index (χ4n) is 1.48. The molecule has 1 aromatic rings. The van der Waals surface area contributed by atoms with Crippen LogP contribution < -0.4 is 4.74 Å². The first-order valence-corrected chi connectivity index (χ1v) is 4.89. The first-order valence-electron chi connectivity index (χ1n) is 4.89. The monoisotopic (exact) mass is 214 g/mol. The summed E-state index contributed by atoms with van der Waals surface area (Å²) in [4.78, 5) is 0. The second-order valence-corrected chi connectivity index (χ2v) is 3.42. The van der Waals surface area contributed by atoms with Gasteiger partial charge in [0, 0.05) is 11.0 Å². The Morgan fingerprint density at radius 3 is 2.69 bits per heavy atom. The highest BCUT2D eigenvalue weighted by Crippen LogP contribution is 2.26. The van der Waals surface area contributed by atoms with Crippen molar-refractivity contribution >= 4 is 13.2 Å². The van der Waals surface area contributed by atoms with E-state index in [-0.39, 0.29) is 11.2 Å². The van der Waals surface area contributed by atoms with Gasteiger partial charge in [0.05, 0.1) is 0 Å². The van der Waals surface area contributed by atoms with Crippen LogP contribution in [0.2, 0.25) is 0 Å². The van der Waals surface area contributed by atoms with Crippen molar-refractivity contribution in [1.82, 2.24) is 0 Å². The van der Waals surface area contributed by atoms with E-state index in [0.717, 1.165) is 5.56 Å². The third-order valence-corrected chi connectivity index (χ3v) is 2.30. The Bertz CT molecular complexity index is 475. The van der Waals surface area contributed by atoms with E-state index in [1.54, 1.807) is 18.2 Å². The lowest BCUT2D eigenvalue weighted by Crippen LogP contribution is -2.19. The van der Waals surface area contributed by atoms with Crippen LogP contribution in [0.3, 0.4) is 0 Å². The number of ether oxygens (including phenoxy) is 1. The zero-order chi connectivity index (χ0) is 11.5. The smallest absolute Gasteiger partial charge is 0.458 e. The summed E-state index contributed by atoms with van der Waals surface area (Å²) in [5, 5.41) is 18.2. The summed E-state index contributed by atoms with van der Waals surface area (Å²) in [5.74, 6) is 0.891. The molecule has 0 saturated heterocycles. The predicted molar refractivity (Wildman–Crippen MR) is 63.5 cm³/mol. The lowest BCUT2D eigenvalue weighted by atomic mass is 9.77. The molecule has 1 aliphatic rings. The van der Waals surface area contributed by atoms with Crippen molar-refractivity contribution in [1.29, 1.82) is 0 Å². The summed E-state index contributed by atoms with van der Waals surface area (Å²) >= 11 is 0. The summed E-state index contributed by atoms with van der Waals surface area (Å²) in [6.45, 7) is 3.67. The molecule has 0 radical (unpaired) electrons. The minimum atomic E-state index is -1.58. The average molecular weight is 214 g/mol. The van der Waals surface area contributed by atoms with Crippen LogP contribution in [0.4, 0.5) is 0 Å². The molecule has 2 rings (SSSR count). The van der Waals surface area contributed by atoms with Crippen molar-refractivity contribution in [3.8, 4) is 5.75 Å². The van der Waals surface area contributed by atoms with Gasteiger partial charge in [-0.05, 0) is 6.07 Å². The Balaban J connectivity index is 2.43. The summed E-state index contributed by atoms with van der Waals surface area (Å²) in [7, 11) is -1.58. The molecule has 4 heteroatoms. The molecule has 1 heterocycles. The fraction of sp³-hybridized carbons (Fsp3) is 0. The maximum atomic E-state index is 9.12. The van der Waals surface area contributed by atoms with Crippen LogP contribution in [-0.2, 0) is 0 Å². The van der Waals surface area contributed by atoms with Gasteiger partial charge < -0.3 is 14.8 Å². The summed E-state index contributed by atoms with van der Waals surface area (Å²) < 4.78 is 5.48. The Morgan fingerprint density at radius 2 is 1.94 bits per heavy atom. The van der Waals surface area contributed by atoms with E-state index in [9.17, 15) is 0 Å². The minimum absolute atomic E-state index is 0.242. The Hall–Kier alpha value is -1.78. The molecular weight excluding hydrogens is 203 g/mol. The van der Waals surface area contributed by atoms with Gasteiger partial charge in [0.2, 0.25) is 0 Å². The molecule has 3 nitrogen and oxygen atoms in total. The van der Waals surface area contributed by atoms with E-state index in [1.165, 1.54) is 0 Å². The summed E-state index contributed by atoms with van der Waals surface area (Å²) in [5.41, 5.74) is 1.18. The van der Waals surface area contributed by atoms with Crippen molar-refractivity contribution in [2.45, 2.75) is 0 Å². The van der Waals surface area contributed by atoms with Gasteiger partial charge in [0.15, 0.2) is 0 Å². The zero-order valence-electron chi connectivity index (χ0n) is 8.63. The van der Waals surface area contributed by atoms with Gasteiger partial charge in [-0.3, -0.25) is 0 Å². The van der Waals surface area contributed by atoms with E-state index in [4.69, 9.17) is 14.8 Å². The molecule has 0 spiro atoms. The Morgan fingerprint density at radius 1 is 1.19 bits per heavy atom. The van der Waals surface area contributed by atoms with Gasteiger partial charge >= 0.3 is 7.12 Å². The molecule has 1 aliphatic heterocycles. The molecular formula is C12H11BO3. The second-order valence-electron chi connectivity index (χ2n) is 3.42. The molecule has 0 unspecified atom stereocenters. The quantitative estimate of drug-likeness (QED) is 0.697. The average Bonchev–Trinajstić information content (AvgIpc) is 2.22. The number of hydrogen-bond acceptors (Lipinski definition) is 3. The lowest BCUT2D eigenvalue weighted by Gasteiger charge is -2.15. The highest BCUT2D eigenvalue weighted by atomic mass is 16.5. The van der Waals surface area contributed by atoms with Crippen molar-refractivity contribution in [2.75, 3.05) is 0 Å². The number of para-hydroxylation sites is 1. The van der Waals surface area contributed by atoms with Crippen LogP contribution in [-0.4, -0.2) is 17.2 Å². The number of fused-ring (bicyclic) bond motifs is 1. The van der Waals surface area contributed by atoms with Gasteiger partial charge in [-0.15, -0.1) is 0 Å². The first kappa shape index (κ1) is 10.7. The SMILES string of the molecule is C=C1Oc2ccccc2/C=C\C=C/1B(O)O. The Labute approximate surface area is 94.1 Å². The molecule has 0 saturated carbocycles. The van der Waals surface area contributed by atoms with Crippen LogP contribution in [0.5, 0.6) is 5.75 Å². The molecule has 0 atom stereocenters. The Kier molecular flexibility index (Phi) is 2.94. The molecule has 0 aliphatic carbocycles. The lowest BCUT2D eigenvalue weighted by molar-refractivity contribution is 0.399. The summed E-state index contributed by atoms with van der Waals surface area (Å²) in [6.07, 6.45) is 5.15. The molecule has 2 N–H and O–H groups in total. The fourth-order valence-corrected chi connectivity index (χ4v) is 1.48. The predicted octanol–water partition coefficient (Wildman–Crippen LogP) is 1.54. The molecule has 0 amide bonds. The van der Waals surface area contributed by atoms with Crippen LogP contribution in [0.15, 0.2) is 54.2 Å². The largest absolute Gasteiger partial charge is 0.492 e. The molecule has 0 bridgehead atoms. The molecule has 16 heavy (non-hydrogen) atoms. The van der Waals surface area contributed by atoms with Crippen molar-refractivity contribution < 1.29 is 14.8 Å². The zero-order valence-corrected chi connectivity index (χ0v) is 8.63. The van der Waals surface area contributed by atoms with Gasteiger partial charge in [-0.2, -0.15) is 0 Å². The van der Waals surface area contributed by atoms with E-state index < -0.39 is 7.12 Å². The van der Waals surface area contributed by atoms with Crippen molar-refractivity contribution in [3.63, 3.8) is 0 Å². The second kappa shape index (κ2) is 4.39. The highest BCUT2D eigenvalue weighted by molar-refractivity contribution is 6.52. The number of rotatable bonds is 1. The van der Waals surface area contributed by atoms with E-state index in [2.05, 4.69) is 6.58 Å². The van der Waals surface area contributed by atoms with Crippen LogP contribution in [0.25, 0.3) is 6.08 Å². The van der Waals surface area contributed by atoms with Crippen LogP contribution >= 0.6 is 0 Å². The third kappa shape index (κ3) is 2.08. The van der Waals surface area contributed by atoms with Crippen molar-refractivity contribution in [3.05, 3.63) is 59.8 Å². The van der Waals surface area contributed by atoms with Gasteiger partial charge in [-0.25, -0.2) is 0 Å². The van der Waals surface area contributed by atoms with Gasteiger partial charge in [0.25, 0.3) is 0 Å². The number of hydrogen-bond donors (Lipinski definition) is 2. The maximum Gasteiger partial charge on any atom is 0.492 e. The van der Waals surface area contributed by atoms with Crippen molar-refractivity contribution in [2.24, 2.45) is 0 Å². The van der Waals surface area contributed by atoms with Crippen LogP contribution in [0.1, 0.15) is 5.56 Å². The standard InChI is InChI=1S/C12H11BO3/c1-9-11(13(14)15)7-4-6-10-5-2-3-8-12(10)16-9/h2-8,14-15H,1H2/b6-4-,11-7+. The third-order valence-electron chi connectivity index (χ3n) is 2.30. The number of benzene rings is 1. The minimum Gasteiger partial charge on any atom is -0.458 e. The van der Waals surface area contributed by atoms with Gasteiger partial charge in [-0.1, -0.05) is 43.0 Å². The molecule has 1 aromatic carbocycles. The number of allylic oxidation sites excluding steroid dienone is 3. The first-order chi connectivity index (χ1) is 7.68. The molecule has 0 aromatic heterocycles. The highest BCUT2D eigenvalue weighted by Gasteiger charge is 2.20. The molecule has 80 valence electrons. The van der Waals surface area contributed by atoms with E-state index in [1.807, 2.05) is 24.3 Å². The maximum absolute atomic E-state index is 9.12.